The minimum absolute atomic E-state index is 0.460. The lowest BCUT2D eigenvalue weighted by atomic mass is 10.0. The lowest BCUT2D eigenvalue weighted by Crippen LogP contribution is -2.48. The second kappa shape index (κ2) is 8.96. The monoisotopic (exact) mass is 469 g/mol. The van der Waals surface area contributed by atoms with Crippen molar-refractivity contribution in [1.29, 1.82) is 0 Å². The summed E-state index contributed by atoms with van der Waals surface area (Å²) in [5, 5.41) is 3.10. The number of nitrogens with zero attached hydrogens (tertiary/aromatic N) is 3. The van der Waals surface area contributed by atoms with E-state index in [0.717, 1.165) is 33.9 Å². The van der Waals surface area contributed by atoms with Crippen molar-refractivity contribution in [3.05, 3.63) is 74.8 Å². The third kappa shape index (κ3) is 4.47. The van der Waals surface area contributed by atoms with Crippen LogP contribution in [0.15, 0.2) is 40.6 Å². The van der Waals surface area contributed by atoms with E-state index in [0.29, 0.717) is 31.1 Å². The molecular weight excluding hydrogens is 438 g/mol. The SMILES string of the molecule is Cc1cc(C)c(S(=O)(=O)N2CCN(c3nc(Cc4cccc(C)c4C)cs3)CC2)c(C)c1. The Kier molecular flexibility index (Phi) is 6.43. The molecule has 0 aliphatic carbocycles. The predicted octanol–water partition coefficient (Wildman–Crippen LogP) is 4.79. The zero-order valence-corrected chi connectivity index (χ0v) is 21.1. The van der Waals surface area contributed by atoms with Crippen LogP contribution in [-0.4, -0.2) is 43.9 Å². The van der Waals surface area contributed by atoms with Crippen molar-refractivity contribution in [2.45, 2.75) is 45.9 Å². The molecule has 0 spiro atoms. The fraction of sp³-hybridized carbons (Fsp3) is 0.400. The van der Waals surface area contributed by atoms with E-state index in [1.54, 1.807) is 15.6 Å². The molecule has 5 nitrogen and oxygen atoms in total. The minimum atomic E-state index is -3.50. The number of rotatable bonds is 5. The molecule has 0 amide bonds. The maximum atomic E-state index is 13.3. The summed E-state index contributed by atoms with van der Waals surface area (Å²) in [6, 6.07) is 10.3. The molecule has 0 radical (unpaired) electrons. The maximum Gasteiger partial charge on any atom is 0.243 e. The van der Waals surface area contributed by atoms with E-state index in [-0.39, 0.29) is 0 Å². The number of hydrogen-bond donors (Lipinski definition) is 0. The van der Waals surface area contributed by atoms with Crippen LogP contribution in [0.25, 0.3) is 0 Å². The summed E-state index contributed by atoms with van der Waals surface area (Å²) in [6.45, 7) is 12.3. The van der Waals surface area contributed by atoms with Gasteiger partial charge in [0.15, 0.2) is 5.13 Å². The van der Waals surface area contributed by atoms with Gasteiger partial charge in [0.05, 0.1) is 10.6 Å². The minimum Gasteiger partial charge on any atom is -0.345 e. The molecule has 3 aromatic rings. The van der Waals surface area contributed by atoms with Crippen molar-refractivity contribution in [3.8, 4) is 0 Å². The van der Waals surface area contributed by atoms with Crippen molar-refractivity contribution in [2.24, 2.45) is 0 Å². The molecule has 2 aromatic carbocycles. The van der Waals surface area contributed by atoms with Crippen molar-refractivity contribution < 1.29 is 8.42 Å². The zero-order valence-electron chi connectivity index (χ0n) is 19.5. The Labute approximate surface area is 195 Å². The average Bonchev–Trinajstić information content (AvgIpc) is 3.19. The molecule has 1 aliphatic heterocycles. The van der Waals surface area contributed by atoms with Crippen LogP contribution >= 0.6 is 11.3 Å². The molecule has 1 aromatic heterocycles. The molecule has 1 fully saturated rings. The quantitative estimate of drug-likeness (QED) is 0.539. The second-order valence-corrected chi connectivity index (χ2v) is 11.5. The van der Waals surface area contributed by atoms with Gasteiger partial charge in [-0.1, -0.05) is 35.9 Å². The fourth-order valence-electron chi connectivity index (χ4n) is 4.54. The van der Waals surface area contributed by atoms with E-state index in [1.807, 2.05) is 32.9 Å². The summed E-state index contributed by atoms with van der Waals surface area (Å²) < 4.78 is 28.3. The summed E-state index contributed by atoms with van der Waals surface area (Å²) >= 11 is 1.64. The largest absolute Gasteiger partial charge is 0.345 e. The van der Waals surface area contributed by atoms with Gasteiger partial charge in [-0.05, 0) is 62.4 Å². The smallest absolute Gasteiger partial charge is 0.243 e. The van der Waals surface area contributed by atoms with E-state index in [9.17, 15) is 8.42 Å². The summed E-state index contributed by atoms with van der Waals surface area (Å²) in [6.07, 6.45) is 0.824. The third-order valence-corrected chi connectivity index (χ3v) is 9.49. The van der Waals surface area contributed by atoms with Crippen LogP contribution in [0.4, 0.5) is 5.13 Å². The lowest BCUT2D eigenvalue weighted by molar-refractivity contribution is 0.384. The number of piperazine rings is 1. The Balaban J connectivity index is 1.45. The average molecular weight is 470 g/mol. The van der Waals surface area contributed by atoms with Gasteiger partial charge in [-0.2, -0.15) is 4.31 Å². The van der Waals surface area contributed by atoms with Gasteiger partial charge in [-0.3, -0.25) is 0 Å². The Bertz CT molecular complexity index is 1220. The molecule has 170 valence electrons. The van der Waals surface area contributed by atoms with Crippen molar-refractivity contribution in [1.82, 2.24) is 9.29 Å². The van der Waals surface area contributed by atoms with Gasteiger partial charge < -0.3 is 4.90 Å². The first-order valence-electron chi connectivity index (χ1n) is 11.0. The number of thiazole rings is 1. The molecule has 0 N–H and O–H groups in total. The molecule has 0 saturated carbocycles. The molecule has 0 unspecified atom stereocenters. The van der Waals surface area contributed by atoms with Gasteiger partial charge >= 0.3 is 0 Å². The number of sulfonamides is 1. The predicted molar refractivity (Wildman–Crippen MR) is 132 cm³/mol. The van der Waals surface area contributed by atoms with Crippen LogP contribution in [0, 0.1) is 34.6 Å². The van der Waals surface area contributed by atoms with Crippen molar-refractivity contribution in [3.63, 3.8) is 0 Å². The first-order valence-corrected chi connectivity index (χ1v) is 13.3. The molecular formula is C25H31N3O2S2. The molecule has 0 bridgehead atoms. The number of hydrogen-bond acceptors (Lipinski definition) is 5. The molecule has 1 aliphatic rings. The summed E-state index contributed by atoms with van der Waals surface area (Å²) in [4.78, 5) is 7.53. The van der Waals surface area contributed by atoms with E-state index in [4.69, 9.17) is 4.98 Å². The van der Waals surface area contributed by atoms with Gasteiger partial charge in [0.2, 0.25) is 10.0 Å². The van der Waals surface area contributed by atoms with Crippen molar-refractivity contribution >= 4 is 26.5 Å². The lowest BCUT2D eigenvalue weighted by Gasteiger charge is -2.34. The number of anilines is 1. The van der Waals surface area contributed by atoms with Crippen LogP contribution < -0.4 is 4.90 Å². The number of benzene rings is 2. The Morgan fingerprint density at radius 2 is 1.59 bits per heavy atom. The topological polar surface area (TPSA) is 53.5 Å². The fourth-order valence-corrected chi connectivity index (χ4v) is 7.26. The van der Waals surface area contributed by atoms with Gasteiger partial charge in [-0.25, -0.2) is 13.4 Å². The highest BCUT2D eigenvalue weighted by atomic mass is 32.2. The molecule has 4 rings (SSSR count). The van der Waals surface area contributed by atoms with E-state index in [2.05, 4.69) is 42.3 Å². The summed E-state index contributed by atoms with van der Waals surface area (Å²) in [7, 11) is -3.50. The number of aromatic nitrogens is 1. The van der Waals surface area contributed by atoms with Crippen LogP contribution in [0.5, 0.6) is 0 Å². The van der Waals surface area contributed by atoms with Crippen LogP contribution in [0.2, 0.25) is 0 Å². The maximum absolute atomic E-state index is 13.3. The van der Waals surface area contributed by atoms with Crippen LogP contribution in [0.3, 0.4) is 0 Å². The normalized spacial score (nSPS) is 15.3. The van der Waals surface area contributed by atoms with Crippen LogP contribution in [-0.2, 0) is 16.4 Å². The van der Waals surface area contributed by atoms with Gasteiger partial charge in [-0.15, -0.1) is 11.3 Å². The van der Waals surface area contributed by atoms with Gasteiger partial charge in [0, 0.05) is 38.0 Å². The first-order chi connectivity index (χ1) is 15.2. The molecule has 2 heterocycles. The van der Waals surface area contributed by atoms with Crippen LogP contribution in [0.1, 0.15) is 39.1 Å². The van der Waals surface area contributed by atoms with Gasteiger partial charge in [0.1, 0.15) is 0 Å². The second-order valence-electron chi connectivity index (χ2n) is 8.78. The van der Waals surface area contributed by atoms with Crippen molar-refractivity contribution in [2.75, 3.05) is 31.1 Å². The molecule has 0 atom stereocenters. The first kappa shape index (κ1) is 23.0. The molecule has 32 heavy (non-hydrogen) atoms. The Morgan fingerprint density at radius 3 is 2.25 bits per heavy atom. The highest BCUT2D eigenvalue weighted by molar-refractivity contribution is 7.89. The van der Waals surface area contributed by atoms with E-state index < -0.39 is 10.0 Å². The van der Waals surface area contributed by atoms with Gasteiger partial charge in [0.25, 0.3) is 0 Å². The zero-order chi connectivity index (χ0) is 23.0. The third-order valence-electron chi connectivity index (χ3n) is 6.34. The molecule has 7 heteroatoms. The Hall–Kier alpha value is -2.22. The van der Waals surface area contributed by atoms with E-state index in [1.165, 1.54) is 16.7 Å². The highest BCUT2D eigenvalue weighted by Gasteiger charge is 2.31. The summed E-state index contributed by atoms with van der Waals surface area (Å²) in [5.74, 6) is 0. The standard InChI is InChI=1S/C25H31N3O2S2/c1-17-13-19(3)24(20(4)14-17)32(29,30)28-11-9-27(10-12-28)25-26-23(16-31-25)15-22-8-6-7-18(2)21(22)5/h6-8,13-14,16H,9-12,15H2,1-5H3. The van der Waals surface area contributed by atoms with E-state index >= 15 is 0 Å². The molecule has 1 saturated heterocycles. The highest BCUT2D eigenvalue weighted by Crippen LogP contribution is 2.28. The number of aryl methyl sites for hydroxylation is 4. The summed E-state index contributed by atoms with van der Waals surface area (Å²) in [5.41, 5.74) is 7.73. The Morgan fingerprint density at radius 1 is 0.938 bits per heavy atom.